The molecule has 0 aromatic rings. The second-order valence-corrected chi connectivity index (χ2v) is 3.85. The van der Waals surface area contributed by atoms with Gasteiger partial charge in [-0.15, -0.1) is 0 Å². The molecule has 2 aliphatic rings. The van der Waals surface area contributed by atoms with Gasteiger partial charge in [-0.3, -0.25) is 9.79 Å². The number of nitrogens with zero attached hydrogens (tertiary/aromatic N) is 2. The van der Waals surface area contributed by atoms with Gasteiger partial charge in [0.1, 0.15) is 0 Å². The molecular weight excluding hydrogens is 172 g/mol. The van der Waals surface area contributed by atoms with Gasteiger partial charge in [0.05, 0.1) is 4.91 Å². The Labute approximate surface area is 75.5 Å². The Morgan fingerprint density at radius 2 is 2.50 bits per heavy atom. The number of hydrogen-bond donors (Lipinski definition) is 0. The van der Waals surface area contributed by atoms with Crippen LogP contribution in [-0.2, 0) is 4.79 Å². The molecule has 0 fully saturated rings. The van der Waals surface area contributed by atoms with E-state index >= 15 is 0 Å². The highest BCUT2D eigenvalue weighted by atomic mass is 32.2. The minimum Gasteiger partial charge on any atom is -0.324 e. The van der Waals surface area contributed by atoms with E-state index in [0.717, 1.165) is 41.6 Å². The number of allylic oxidation sites excluding steroid dienone is 2. The van der Waals surface area contributed by atoms with Crippen LogP contribution in [0.4, 0.5) is 0 Å². The lowest BCUT2D eigenvalue weighted by atomic mass is 10.3. The number of carbonyl (C=O) groups is 1. The molecule has 0 amide bonds. The summed E-state index contributed by atoms with van der Waals surface area (Å²) in [7, 11) is 0. The van der Waals surface area contributed by atoms with Crippen LogP contribution in [0.5, 0.6) is 0 Å². The first-order valence-electron chi connectivity index (χ1n) is 3.99. The minimum atomic E-state index is 0.815. The summed E-state index contributed by atoms with van der Waals surface area (Å²) < 4.78 is 0. The normalized spacial score (nSPS) is 22.4. The van der Waals surface area contributed by atoms with E-state index in [9.17, 15) is 4.79 Å². The summed E-state index contributed by atoms with van der Waals surface area (Å²) in [5.74, 6) is 0. The van der Waals surface area contributed by atoms with Gasteiger partial charge in [0.2, 0.25) is 0 Å². The Morgan fingerprint density at radius 1 is 1.67 bits per heavy atom. The molecule has 4 heteroatoms. The zero-order valence-electron chi connectivity index (χ0n) is 6.91. The molecule has 0 radical (unpaired) electrons. The minimum absolute atomic E-state index is 0.815. The Morgan fingerprint density at radius 3 is 3.17 bits per heavy atom. The second-order valence-electron chi connectivity index (χ2n) is 2.84. The van der Waals surface area contributed by atoms with Gasteiger partial charge < -0.3 is 4.90 Å². The van der Waals surface area contributed by atoms with Crippen molar-refractivity contribution in [3.8, 4) is 0 Å². The SMILES string of the molecule is CC1=C(C=O)SC2=NCCCN21. The molecule has 0 aliphatic carbocycles. The lowest BCUT2D eigenvalue weighted by Gasteiger charge is -2.23. The van der Waals surface area contributed by atoms with Gasteiger partial charge in [0.15, 0.2) is 11.5 Å². The van der Waals surface area contributed by atoms with Crippen molar-refractivity contribution in [2.75, 3.05) is 13.1 Å². The van der Waals surface area contributed by atoms with Crippen LogP contribution in [0.1, 0.15) is 13.3 Å². The standard InChI is InChI=1S/C8H10N2OS/c1-6-7(5-11)12-8-9-3-2-4-10(6)8/h5H,2-4H2,1H3. The maximum Gasteiger partial charge on any atom is 0.168 e. The molecule has 0 spiro atoms. The number of aldehydes is 1. The molecule has 3 nitrogen and oxygen atoms in total. The van der Waals surface area contributed by atoms with Crippen molar-refractivity contribution in [2.45, 2.75) is 13.3 Å². The van der Waals surface area contributed by atoms with E-state index in [1.807, 2.05) is 6.92 Å². The highest BCUT2D eigenvalue weighted by Crippen LogP contribution is 2.34. The molecule has 0 saturated carbocycles. The van der Waals surface area contributed by atoms with Crippen LogP contribution in [0.2, 0.25) is 0 Å². The van der Waals surface area contributed by atoms with E-state index < -0.39 is 0 Å². The van der Waals surface area contributed by atoms with Crippen molar-refractivity contribution in [3.63, 3.8) is 0 Å². The van der Waals surface area contributed by atoms with Crippen LogP contribution in [0, 0.1) is 0 Å². The summed E-state index contributed by atoms with van der Waals surface area (Å²) in [5.41, 5.74) is 1.06. The highest BCUT2D eigenvalue weighted by molar-refractivity contribution is 8.18. The molecule has 2 rings (SSSR count). The molecule has 0 bridgehead atoms. The first-order chi connectivity index (χ1) is 5.83. The molecular formula is C8H10N2OS. The zero-order chi connectivity index (χ0) is 8.55. The largest absolute Gasteiger partial charge is 0.324 e. The van der Waals surface area contributed by atoms with Gasteiger partial charge >= 0.3 is 0 Å². The summed E-state index contributed by atoms with van der Waals surface area (Å²) in [4.78, 5) is 17.9. The van der Waals surface area contributed by atoms with E-state index in [-0.39, 0.29) is 0 Å². The molecule has 0 N–H and O–H groups in total. The monoisotopic (exact) mass is 182 g/mol. The molecule has 0 unspecified atom stereocenters. The molecule has 64 valence electrons. The van der Waals surface area contributed by atoms with E-state index in [2.05, 4.69) is 9.89 Å². The number of hydrogen-bond acceptors (Lipinski definition) is 4. The summed E-state index contributed by atoms with van der Waals surface area (Å²) in [6.45, 7) is 3.89. The molecule has 2 heterocycles. The fourth-order valence-corrected chi connectivity index (χ4v) is 2.39. The van der Waals surface area contributed by atoms with Gasteiger partial charge in [0.25, 0.3) is 0 Å². The van der Waals surface area contributed by atoms with Crippen LogP contribution >= 0.6 is 11.8 Å². The van der Waals surface area contributed by atoms with Crippen LogP contribution in [-0.4, -0.2) is 29.4 Å². The highest BCUT2D eigenvalue weighted by Gasteiger charge is 2.27. The third kappa shape index (κ3) is 1.06. The average Bonchev–Trinajstić information content (AvgIpc) is 2.44. The summed E-state index contributed by atoms with van der Waals surface area (Å²) >= 11 is 1.49. The summed E-state index contributed by atoms with van der Waals surface area (Å²) in [5, 5.41) is 1.00. The molecule has 0 aromatic heterocycles. The maximum atomic E-state index is 10.6. The molecule has 2 aliphatic heterocycles. The Kier molecular flexibility index (Phi) is 1.92. The number of aliphatic imine (C=N–C) groups is 1. The molecule has 0 atom stereocenters. The lowest BCUT2D eigenvalue weighted by Crippen LogP contribution is -2.28. The predicted octanol–water partition coefficient (Wildman–Crippen LogP) is 1.23. The van der Waals surface area contributed by atoms with Gasteiger partial charge in [-0.25, -0.2) is 0 Å². The Hall–Kier alpha value is -0.770. The average molecular weight is 182 g/mol. The van der Waals surface area contributed by atoms with Gasteiger partial charge in [-0.2, -0.15) is 0 Å². The van der Waals surface area contributed by atoms with E-state index in [1.54, 1.807) is 0 Å². The lowest BCUT2D eigenvalue weighted by molar-refractivity contribution is -0.104. The quantitative estimate of drug-likeness (QED) is 0.572. The molecule has 12 heavy (non-hydrogen) atoms. The van der Waals surface area contributed by atoms with E-state index in [0.29, 0.717) is 0 Å². The first-order valence-corrected chi connectivity index (χ1v) is 4.80. The second kappa shape index (κ2) is 2.94. The third-order valence-corrected chi connectivity index (χ3v) is 3.23. The fourth-order valence-electron chi connectivity index (χ4n) is 1.40. The molecule has 0 saturated heterocycles. The number of fused-ring (bicyclic) bond motifs is 1. The van der Waals surface area contributed by atoms with Crippen molar-refractivity contribution in [3.05, 3.63) is 10.6 Å². The number of carbonyl (C=O) groups excluding carboxylic acids is 1. The van der Waals surface area contributed by atoms with Crippen LogP contribution in [0.15, 0.2) is 15.6 Å². The Balaban J connectivity index is 2.32. The maximum absolute atomic E-state index is 10.6. The van der Waals surface area contributed by atoms with Gasteiger partial charge in [-0.1, -0.05) is 0 Å². The summed E-state index contributed by atoms with van der Waals surface area (Å²) in [6.07, 6.45) is 2.01. The fraction of sp³-hybridized carbons (Fsp3) is 0.500. The van der Waals surface area contributed by atoms with Crippen LogP contribution in [0.25, 0.3) is 0 Å². The number of rotatable bonds is 1. The number of thioether (sulfide) groups is 1. The van der Waals surface area contributed by atoms with Crippen molar-refractivity contribution >= 4 is 23.2 Å². The van der Waals surface area contributed by atoms with E-state index in [4.69, 9.17) is 0 Å². The van der Waals surface area contributed by atoms with Crippen molar-refractivity contribution in [1.29, 1.82) is 0 Å². The van der Waals surface area contributed by atoms with Gasteiger partial charge in [0, 0.05) is 18.8 Å². The Bertz CT molecular complexity index is 283. The first kappa shape index (κ1) is 7.86. The predicted molar refractivity (Wildman–Crippen MR) is 50.0 cm³/mol. The third-order valence-electron chi connectivity index (χ3n) is 2.09. The van der Waals surface area contributed by atoms with Crippen molar-refractivity contribution < 1.29 is 4.79 Å². The van der Waals surface area contributed by atoms with Gasteiger partial charge in [-0.05, 0) is 25.1 Å². The zero-order valence-corrected chi connectivity index (χ0v) is 7.73. The van der Waals surface area contributed by atoms with Crippen LogP contribution in [0.3, 0.4) is 0 Å². The van der Waals surface area contributed by atoms with Crippen LogP contribution < -0.4 is 0 Å². The molecule has 0 aromatic carbocycles. The van der Waals surface area contributed by atoms with Crippen molar-refractivity contribution in [2.24, 2.45) is 4.99 Å². The summed E-state index contributed by atoms with van der Waals surface area (Å²) in [6, 6.07) is 0. The number of amidine groups is 1. The van der Waals surface area contributed by atoms with E-state index in [1.165, 1.54) is 11.8 Å². The van der Waals surface area contributed by atoms with Crippen molar-refractivity contribution in [1.82, 2.24) is 4.90 Å². The smallest absolute Gasteiger partial charge is 0.168 e. The topological polar surface area (TPSA) is 32.7 Å².